The first-order valence-corrected chi connectivity index (χ1v) is 7.96. The molecular formula is C15H29N3. The Labute approximate surface area is 112 Å². The summed E-state index contributed by atoms with van der Waals surface area (Å²) in [7, 11) is 0. The van der Waals surface area contributed by atoms with Crippen molar-refractivity contribution in [3.05, 3.63) is 0 Å². The Morgan fingerprint density at radius 3 is 2.44 bits per heavy atom. The molecule has 0 spiro atoms. The smallest absolute Gasteiger partial charge is 0.0235 e. The van der Waals surface area contributed by atoms with Gasteiger partial charge in [-0.05, 0) is 51.6 Å². The summed E-state index contributed by atoms with van der Waals surface area (Å²) in [5.41, 5.74) is 6.00. The molecule has 3 rings (SSSR count). The van der Waals surface area contributed by atoms with Gasteiger partial charge in [0, 0.05) is 31.2 Å². The third kappa shape index (κ3) is 3.06. The summed E-state index contributed by atoms with van der Waals surface area (Å²) < 4.78 is 0. The summed E-state index contributed by atoms with van der Waals surface area (Å²) >= 11 is 0. The minimum atomic E-state index is 0.465. The first-order chi connectivity index (χ1) is 8.72. The lowest BCUT2D eigenvalue weighted by molar-refractivity contribution is 0.143. The SMILES string of the molecule is CC(CC1CC1)N1CCC(N2CCC(N)CC2)C1. The predicted molar refractivity (Wildman–Crippen MR) is 75.6 cm³/mol. The molecule has 1 saturated carbocycles. The second-order valence-corrected chi connectivity index (χ2v) is 6.84. The summed E-state index contributed by atoms with van der Waals surface area (Å²) in [6, 6.07) is 2.10. The molecule has 2 unspecified atom stereocenters. The summed E-state index contributed by atoms with van der Waals surface area (Å²) in [4.78, 5) is 5.44. The summed E-state index contributed by atoms with van der Waals surface area (Å²) in [5, 5.41) is 0. The molecule has 0 radical (unpaired) electrons. The van der Waals surface area contributed by atoms with Gasteiger partial charge in [0.05, 0.1) is 0 Å². The zero-order valence-electron chi connectivity index (χ0n) is 11.9. The average Bonchev–Trinajstić information content (AvgIpc) is 3.04. The normalized spacial score (nSPS) is 34.0. The predicted octanol–water partition coefficient (Wildman–Crippen LogP) is 1.67. The van der Waals surface area contributed by atoms with Crippen LogP contribution < -0.4 is 5.73 Å². The van der Waals surface area contributed by atoms with Gasteiger partial charge >= 0.3 is 0 Å². The Morgan fingerprint density at radius 2 is 1.78 bits per heavy atom. The minimum absolute atomic E-state index is 0.465. The van der Waals surface area contributed by atoms with Gasteiger partial charge in [0.2, 0.25) is 0 Å². The molecule has 2 atom stereocenters. The van der Waals surface area contributed by atoms with E-state index >= 15 is 0 Å². The van der Waals surface area contributed by atoms with E-state index in [1.807, 2.05) is 0 Å². The van der Waals surface area contributed by atoms with Crippen LogP contribution in [0.15, 0.2) is 0 Å². The van der Waals surface area contributed by atoms with E-state index in [9.17, 15) is 0 Å². The maximum absolute atomic E-state index is 6.00. The van der Waals surface area contributed by atoms with Crippen LogP contribution in [0.2, 0.25) is 0 Å². The molecule has 0 bridgehead atoms. The molecule has 3 aliphatic rings. The number of rotatable bonds is 4. The fourth-order valence-corrected chi connectivity index (χ4v) is 3.74. The summed E-state index contributed by atoms with van der Waals surface area (Å²) in [5.74, 6) is 1.06. The van der Waals surface area contributed by atoms with E-state index in [4.69, 9.17) is 5.73 Å². The fraction of sp³-hybridized carbons (Fsp3) is 1.00. The number of hydrogen-bond acceptors (Lipinski definition) is 3. The molecule has 3 fully saturated rings. The van der Waals surface area contributed by atoms with Crippen molar-refractivity contribution < 1.29 is 0 Å². The minimum Gasteiger partial charge on any atom is -0.328 e. The average molecular weight is 251 g/mol. The Kier molecular flexibility index (Phi) is 3.92. The maximum Gasteiger partial charge on any atom is 0.0235 e. The topological polar surface area (TPSA) is 32.5 Å². The highest BCUT2D eigenvalue weighted by atomic mass is 15.3. The largest absolute Gasteiger partial charge is 0.328 e. The van der Waals surface area contributed by atoms with Crippen LogP contribution in [0.25, 0.3) is 0 Å². The first-order valence-electron chi connectivity index (χ1n) is 7.96. The van der Waals surface area contributed by atoms with Crippen molar-refractivity contribution >= 4 is 0 Å². The summed E-state index contributed by atoms with van der Waals surface area (Å²) in [6.07, 6.45) is 8.21. The molecule has 2 N–H and O–H groups in total. The zero-order valence-corrected chi connectivity index (χ0v) is 11.9. The standard InChI is InChI=1S/C15H29N3/c1-12(10-13-2-3-13)18-9-6-15(11-18)17-7-4-14(16)5-8-17/h12-15H,2-11,16H2,1H3. The molecule has 2 aliphatic heterocycles. The van der Waals surface area contributed by atoms with Gasteiger partial charge in [0.1, 0.15) is 0 Å². The highest BCUT2D eigenvalue weighted by Crippen LogP contribution is 2.35. The van der Waals surface area contributed by atoms with E-state index < -0.39 is 0 Å². The van der Waals surface area contributed by atoms with E-state index in [-0.39, 0.29) is 0 Å². The van der Waals surface area contributed by atoms with Gasteiger partial charge in [-0.2, -0.15) is 0 Å². The molecule has 3 heteroatoms. The van der Waals surface area contributed by atoms with Gasteiger partial charge in [-0.3, -0.25) is 9.80 Å². The lowest BCUT2D eigenvalue weighted by Gasteiger charge is -2.35. The molecule has 2 heterocycles. The van der Waals surface area contributed by atoms with Crippen molar-refractivity contribution in [1.82, 2.24) is 9.80 Å². The third-order valence-corrected chi connectivity index (χ3v) is 5.28. The van der Waals surface area contributed by atoms with Crippen molar-refractivity contribution in [2.75, 3.05) is 26.2 Å². The molecule has 104 valence electrons. The van der Waals surface area contributed by atoms with Gasteiger partial charge in [0.25, 0.3) is 0 Å². The molecular weight excluding hydrogens is 222 g/mol. The highest BCUT2D eigenvalue weighted by molar-refractivity contribution is 4.90. The highest BCUT2D eigenvalue weighted by Gasteiger charge is 2.33. The Bertz CT molecular complexity index is 269. The van der Waals surface area contributed by atoms with Gasteiger partial charge in [-0.25, -0.2) is 0 Å². The number of nitrogens with zero attached hydrogens (tertiary/aromatic N) is 2. The van der Waals surface area contributed by atoms with Crippen LogP contribution in [-0.4, -0.2) is 54.1 Å². The number of nitrogens with two attached hydrogens (primary N) is 1. The molecule has 0 amide bonds. The number of piperidine rings is 1. The van der Waals surface area contributed by atoms with E-state index in [2.05, 4.69) is 16.7 Å². The van der Waals surface area contributed by atoms with Crippen LogP contribution in [-0.2, 0) is 0 Å². The summed E-state index contributed by atoms with van der Waals surface area (Å²) in [6.45, 7) is 7.53. The van der Waals surface area contributed by atoms with Crippen LogP contribution in [0.3, 0.4) is 0 Å². The second kappa shape index (κ2) is 5.48. The van der Waals surface area contributed by atoms with Crippen molar-refractivity contribution in [3.8, 4) is 0 Å². The van der Waals surface area contributed by atoms with Gasteiger partial charge in [-0.1, -0.05) is 12.8 Å². The molecule has 1 aliphatic carbocycles. The number of hydrogen-bond donors (Lipinski definition) is 1. The van der Waals surface area contributed by atoms with E-state index in [0.717, 1.165) is 18.0 Å². The quantitative estimate of drug-likeness (QED) is 0.825. The van der Waals surface area contributed by atoms with Crippen molar-refractivity contribution in [2.45, 2.75) is 63.6 Å². The Balaban J connectivity index is 1.45. The molecule has 2 saturated heterocycles. The Morgan fingerprint density at radius 1 is 1.06 bits per heavy atom. The van der Waals surface area contributed by atoms with Gasteiger partial charge in [-0.15, -0.1) is 0 Å². The zero-order chi connectivity index (χ0) is 12.5. The van der Waals surface area contributed by atoms with Crippen LogP contribution >= 0.6 is 0 Å². The van der Waals surface area contributed by atoms with Crippen LogP contribution in [0.1, 0.15) is 45.4 Å². The molecule has 0 aromatic carbocycles. The number of likely N-dealkylation sites (tertiary alicyclic amines) is 2. The van der Waals surface area contributed by atoms with Crippen LogP contribution in [0.5, 0.6) is 0 Å². The van der Waals surface area contributed by atoms with Gasteiger partial charge in [0.15, 0.2) is 0 Å². The first kappa shape index (κ1) is 12.9. The van der Waals surface area contributed by atoms with Crippen molar-refractivity contribution in [1.29, 1.82) is 0 Å². The van der Waals surface area contributed by atoms with Crippen molar-refractivity contribution in [3.63, 3.8) is 0 Å². The lowest BCUT2D eigenvalue weighted by atomic mass is 10.0. The van der Waals surface area contributed by atoms with Crippen LogP contribution in [0, 0.1) is 5.92 Å². The lowest BCUT2D eigenvalue weighted by Crippen LogP contribution is -2.46. The molecule has 3 nitrogen and oxygen atoms in total. The van der Waals surface area contributed by atoms with Crippen molar-refractivity contribution in [2.24, 2.45) is 11.7 Å². The second-order valence-electron chi connectivity index (χ2n) is 6.84. The third-order valence-electron chi connectivity index (χ3n) is 5.28. The molecule has 0 aromatic rings. The molecule has 0 aromatic heterocycles. The monoisotopic (exact) mass is 251 g/mol. The molecule has 18 heavy (non-hydrogen) atoms. The Hall–Kier alpha value is -0.120. The van der Waals surface area contributed by atoms with Crippen LogP contribution in [0.4, 0.5) is 0 Å². The fourth-order valence-electron chi connectivity index (χ4n) is 3.74. The van der Waals surface area contributed by atoms with E-state index in [1.54, 1.807) is 0 Å². The van der Waals surface area contributed by atoms with E-state index in [0.29, 0.717) is 6.04 Å². The van der Waals surface area contributed by atoms with E-state index in [1.165, 1.54) is 64.7 Å². The van der Waals surface area contributed by atoms with Gasteiger partial charge < -0.3 is 5.73 Å². The maximum atomic E-state index is 6.00.